The third-order valence-corrected chi connectivity index (χ3v) is 8.41. The van der Waals surface area contributed by atoms with Gasteiger partial charge in [-0.05, 0) is 49.7 Å². The van der Waals surface area contributed by atoms with Crippen LogP contribution in [0.25, 0.3) is 0 Å². The highest BCUT2D eigenvalue weighted by Gasteiger charge is 2.61. The van der Waals surface area contributed by atoms with Crippen LogP contribution in [0.3, 0.4) is 0 Å². The number of hydroxylamine groups is 1. The molecular weight excluding hydrogens is 395 g/mol. The molecule has 0 aromatic heterocycles. The summed E-state index contributed by atoms with van der Waals surface area (Å²) in [5.74, 6) is -1.60. The summed E-state index contributed by atoms with van der Waals surface area (Å²) in [5.41, 5.74) is 2.25. The van der Waals surface area contributed by atoms with Crippen LogP contribution in [0.5, 0.6) is 0 Å². The van der Waals surface area contributed by atoms with E-state index in [9.17, 15) is 13.2 Å². The number of nitrogens with one attached hydrogen (secondary N) is 1. The van der Waals surface area contributed by atoms with Crippen molar-refractivity contribution in [1.82, 2.24) is 9.79 Å². The summed E-state index contributed by atoms with van der Waals surface area (Å²) in [6, 6.07) is 8.07. The van der Waals surface area contributed by atoms with Gasteiger partial charge in [0.2, 0.25) is 0 Å². The van der Waals surface area contributed by atoms with Gasteiger partial charge in [-0.1, -0.05) is 18.2 Å². The fourth-order valence-electron chi connectivity index (χ4n) is 3.71. The fraction of sp³-hybridized carbons (Fsp3) is 0.611. The third kappa shape index (κ3) is 3.72. The SMILES string of the molecule is CN(C)S(=O)(=O)C(F)(ONC(=O)c1ccccc1)C1CCC2(CC1)CC2Cl. The summed E-state index contributed by atoms with van der Waals surface area (Å²) < 4.78 is 42.0. The first-order valence-corrected chi connectivity index (χ1v) is 10.8. The van der Waals surface area contributed by atoms with Gasteiger partial charge >= 0.3 is 5.19 Å². The smallest absolute Gasteiger partial charge is 0.267 e. The summed E-state index contributed by atoms with van der Waals surface area (Å²) >= 11 is 6.19. The first kappa shape index (κ1) is 20.5. The molecule has 1 aromatic carbocycles. The second-order valence-corrected chi connectivity index (χ2v) is 10.3. The van der Waals surface area contributed by atoms with E-state index >= 15 is 4.39 Å². The lowest BCUT2D eigenvalue weighted by Crippen LogP contribution is -2.53. The lowest BCUT2D eigenvalue weighted by molar-refractivity contribution is -0.161. The number of benzene rings is 1. The maximum atomic E-state index is 15.9. The zero-order valence-electron chi connectivity index (χ0n) is 15.3. The van der Waals surface area contributed by atoms with Crippen molar-refractivity contribution >= 4 is 27.5 Å². The average Bonchev–Trinajstić information content (AvgIpc) is 3.28. The predicted octanol–water partition coefficient (Wildman–Crippen LogP) is 3.05. The van der Waals surface area contributed by atoms with Crippen LogP contribution >= 0.6 is 11.6 Å². The molecule has 150 valence electrons. The summed E-state index contributed by atoms with van der Waals surface area (Å²) in [7, 11) is -1.97. The van der Waals surface area contributed by atoms with E-state index in [1.807, 2.05) is 5.48 Å². The van der Waals surface area contributed by atoms with E-state index in [2.05, 4.69) is 0 Å². The van der Waals surface area contributed by atoms with Crippen LogP contribution in [0.1, 0.15) is 42.5 Å². The van der Waals surface area contributed by atoms with Gasteiger partial charge in [0.05, 0.1) is 0 Å². The molecule has 27 heavy (non-hydrogen) atoms. The molecule has 9 heteroatoms. The van der Waals surface area contributed by atoms with Crippen molar-refractivity contribution in [3.8, 4) is 0 Å². The van der Waals surface area contributed by atoms with Crippen LogP contribution in [-0.4, -0.2) is 43.3 Å². The monoisotopic (exact) mass is 418 g/mol. The molecule has 0 radical (unpaired) electrons. The number of alkyl halides is 2. The minimum absolute atomic E-state index is 0.00807. The lowest BCUT2D eigenvalue weighted by Gasteiger charge is -2.38. The molecule has 2 aliphatic carbocycles. The first-order chi connectivity index (χ1) is 12.6. The summed E-state index contributed by atoms with van der Waals surface area (Å²) in [6.07, 6.45) is 2.83. The molecule has 0 heterocycles. The molecule has 2 aliphatic rings. The van der Waals surface area contributed by atoms with Gasteiger partial charge < -0.3 is 0 Å². The van der Waals surface area contributed by atoms with Crippen LogP contribution in [0.15, 0.2) is 30.3 Å². The van der Waals surface area contributed by atoms with E-state index in [-0.39, 0.29) is 16.4 Å². The molecule has 3 rings (SSSR count). The first-order valence-electron chi connectivity index (χ1n) is 8.91. The predicted molar refractivity (Wildman–Crippen MR) is 100 cm³/mol. The van der Waals surface area contributed by atoms with Gasteiger partial charge in [-0.15, -0.1) is 11.6 Å². The van der Waals surface area contributed by atoms with Crippen molar-refractivity contribution in [2.45, 2.75) is 42.7 Å². The van der Waals surface area contributed by atoms with Gasteiger partial charge in [0.25, 0.3) is 15.9 Å². The van der Waals surface area contributed by atoms with Crippen LogP contribution in [0, 0.1) is 11.3 Å². The van der Waals surface area contributed by atoms with Gasteiger partial charge in [0.1, 0.15) is 0 Å². The molecule has 2 saturated carbocycles. The fourth-order valence-corrected chi connectivity index (χ4v) is 5.54. The molecule has 1 spiro atoms. The lowest BCUT2D eigenvalue weighted by atomic mass is 9.79. The Labute approximate surface area is 164 Å². The molecule has 0 aliphatic heterocycles. The number of sulfonamides is 1. The van der Waals surface area contributed by atoms with Crippen LogP contribution in [-0.2, 0) is 14.9 Å². The van der Waals surface area contributed by atoms with E-state index in [1.165, 1.54) is 26.2 Å². The summed E-state index contributed by atoms with van der Waals surface area (Å²) in [5, 5.41) is -2.96. The van der Waals surface area contributed by atoms with E-state index in [0.717, 1.165) is 10.7 Å². The maximum Gasteiger partial charge on any atom is 0.348 e. The summed E-state index contributed by atoms with van der Waals surface area (Å²) in [6.45, 7) is 0. The van der Waals surface area contributed by atoms with Gasteiger partial charge in [0, 0.05) is 31.0 Å². The standard InChI is InChI=1S/C18H24ClFN2O4S/c1-22(2)27(24,25)18(20,14-8-10-17(11-9-14)12-15(17)19)26-21-16(23)13-6-4-3-5-7-13/h3-7,14-15H,8-12H2,1-2H3,(H,21,23). The molecule has 2 fully saturated rings. The minimum atomic E-state index is -4.45. The van der Waals surface area contributed by atoms with Crippen LogP contribution in [0.4, 0.5) is 4.39 Å². The molecule has 2 atom stereocenters. The number of nitrogens with zero attached hydrogens (tertiary/aromatic N) is 1. The van der Waals surface area contributed by atoms with E-state index in [1.54, 1.807) is 18.2 Å². The highest BCUT2D eigenvalue weighted by molar-refractivity contribution is 7.90. The number of carbonyl (C=O) groups excluding carboxylic acids is 1. The van der Waals surface area contributed by atoms with E-state index in [0.29, 0.717) is 25.7 Å². The van der Waals surface area contributed by atoms with Crippen LogP contribution < -0.4 is 5.48 Å². The Bertz CT molecular complexity index is 797. The number of hydrogen-bond donors (Lipinski definition) is 1. The number of rotatable bonds is 6. The van der Waals surface area contributed by atoms with Gasteiger partial charge in [-0.25, -0.2) is 23.0 Å². The topological polar surface area (TPSA) is 75.7 Å². The minimum Gasteiger partial charge on any atom is -0.267 e. The van der Waals surface area contributed by atoms with Crippen molar-refractivity contribution in [2.24, 2.45) is 11.3 Å². The Kier molecular flexibility index (Phi) is 5.55. The van der Waals surface area contributed by atoms with Crippen LogP contribution in [0.2, 0.25) is 0 Å². The Morgan fingerprint density at radius 1 is 1.30 bits per heavy atom. The zero-order valence-corrected chi connectivity index (χ0v) is 16.9. The second kappa shape index (κ2) is 7.31. The Morgan fingerprint density at radius 3 is 2.33 bits per heavy atom. The van der Waals surface area contributed by atoms with E-state index < -0.39 is 27.0 Å². The van der Waals surface area contributed by atoms with E-state index in [4.69, 9.17) is 16.4 Å². The van der Waals surface area contributed by atoms with Crippen molar-refractivity contribution in [1.29, 1.82) is 0 Å². The largest absolute Gasteiger partial charge is 0.348 e. The Hall–Kier alpha value is -1.22. The van der Waals surface area contributed by atoms with Crippen molar-refractivity contribution in [2.75, 3.05) is 14.1 Å². The number of halogens is 2. The molecule has 0 saturated heterocycles. The normalized spacial score (nSPS) is 30.1. The molecule has 2 unspecified atom stereocenters. The van der Waals surface area contributed by atoms with Crippen molar-refractivity contribution in [3.05, 3.63) is 35.9 Å². The molecule has 0 bridgehead atoms. The maximum absolute atomic E-state index is 15.9. The average molecular weight is 419 g/mol. The Balaban J connectivity index is 1.78. The quantitative estimate of drug-likeness (QED) is 0.569. The van der Waals surface area contributed by atoms with Crippen molar-refractivity contribution < 1.29 is 22.4 Å². The molecule has 6 nitrogen and oxygen atoms in total. The highest BCUT2D eigenvalue weighted by Crippen LogP contribution is 2.61. The number of amides is 1. The van der Waals surface area contributed by atoms with Gasteiger partial charge in [0.15, 0.2) is 0 Å². The zero-order chi connectivity index (χ0) is 19.9. The number of hydrogen-bond acceptors (Lipinski definition) is 4. The van der Waals surface area contributed by atoms with Gasteiger partial charge in [-0.2, -0.15) is 4.39 Å². The number of carbonyl (C=O) groups is 1. The third-order valence-electron chi connectivity index (χ3n) is 5.71. The van der Waals surface area contributed by atoms with Gasteiger partial charge in [-0.3, -0.25) is 4.79 Å². The molecular formula is C18H24ClFN2O4S. The molecule has 1 aromatic rings. The highest BCUT2D eigenvalue weighted by atomic mass is 35.5. The summed E-state index contributed by atoms with van der Waals surface area (Å²) in [4.78, 5) is 17.2. The Morgan fingerprint density at radius 2 is 1.85 bits per heavy atom. The van der Waals surface area contributed by atoms with Crippen molar-refractivity contribution in [3.63, 3.8) is 0 Å². The molecule has 1 N–H and O–H groups in total. The second-order valence-electron chi connectivity index (χ2n) is 7.58. The molecule has 1 amide bonds.